The number of methoxy groups -OCH3 is 2. The quantitative estimate of drug-likeness (QED) is 0.786. The van der Waals surface area contributed by atoms with Gasteiger partial charge < -0.3 is 19.2 Å². The van der Waals surface area contributed by atoms with Crippen molar-refractivity contribution in [2.75, 3.05) is 20.8 Å². The number of nitrogens with zero attached hydrogens (tertiary/aromatic N) is 1. The fraction of sp³-hybridized carbons (Fsp3) is 0.235. The third-order valence-electron chi connectivity index (χ3n) is 3.59. The highest BCUT2D eigenvalue weighted by molar-refractivity contribution is 5.79. The van der Waals surface area contributed by atoms with Crippen LogP contribution in [0, 0.1) is 0 Å². The van der Waals surface area contributed by atoms with Crippen molar-refractivity contribution < 1.29 is 14.2 Å². The average molecular weight is 314 g/mol. The third-order valence-corrected chi connectivity index (χ3v) is 3.59. The van der Waals surface area contributed by atoms with Crippen molar-refractivity contribution in [3.8, 4) is 22.9 Å². The number of ether oxygens (including phenoxy) is 3. The summed E-state index contributed by atoms with van der Waals surface area (Å²) < 4.78 is 17.6. The monoisotopic (exact) mass is 314 g/mol. The van der Waals surface area contributed by atoms with Gasteiger partial charge in [0.15, 0.2) is 11.5 Å². The second-order valence-corrected chi connectivity index (χ2v) is 4.92. The molecule has 0 aliphatic carbocycles. The van der Waals surface area contributed by atoms with Crippen LogP contribution >= 0.6 is 0 Å². The second-order valence-electron chi connectivity index (χ2n) is 4.92. The minimum atomic E-state index is -0.223. The Morgan fingerprint density at radius 2 is 1.87 bits per heavy atom. The number of H-pyrrole nitrogens is 1. The minimum Gasteiger partial charge on any atom is -0.497 e. The Kier molecular flexibility index (Phi) is 3.97. The van der Waals surface area contributed by atoms with Crippen molar-refractivity contribution in [2.24, 2.45) is 0 Å². The lowest BCUT2D eigenvalue weighted by atomic mass is 10.2. The maximum absolute atomic E-state index is 12.3. The van der Waals surface area contributed by atoms with Gasteiger partial charge in [0.1, 0.15) is 5.75 Å². The second kappa shape index (κ2) is 6.08. The van der Waals surface area contributed by atoms with Crippen LogP contribution < -0.4 is 19.9 Å². The summed E-state index contributed by atoms with van der Waals surface area (Å²) in [6, 6.07) is 10.9. The van der Waals surface area contributed by atoms with E-state index in [1.54, 1.807) is 37.0 Å². The zero-order valence-electron chi connectivity index (χ0n) is 13.3. The van der Waals surface area contributed by atoms with Crippen LogP contribution in [0.4, 0.5) is 0 Å². The molecule has 0 radical (unpaired) electrons. The van der Waals surface area contributed by atoms with Gasteiger partial charge >= 0.3 is 5.69 Å². The molecule has 0 saturated heterocycles. The van der Waals surface area contributed by atoms with E-state index in [1.165, 1.54) is 0 Å². The smallest absolute Gasteiger partial charge is 0.331 e. The average Bonchev–Trinajstić information content (AvgIpc) is 2.90. The Balaban J connectivity index is 2.16. The summed E-state index contributed by atoms with van der Waals surface area (Å²) in [6.45, 7) is 2.45. The number of hydrogen-bond donors (Lipinski definition) is 1. The topological polar surface area (TPSA) is 65.5 Å². The standard InChI is InChI=1S/C17H18N2O4/c1-4-23-15-8-5-11(9-16(15)22-3)19-14-7-6-12(21-2)10-13(14)18-17(19)20/h5-10H,4H2,1-3H3,(H,18,20). The molecular formula is C17H18N2O4. The molecule has 2 aromatic carbocycles. The first-order chi connectivity index (χ1) is 11.2. The van der Waals surface area contributed by atoms with E-state index < -0.39 is 0 Å². The lowest BCUT2D eigenvalue weighted by Gasteiger charge is -2.11. The van der Waals surface area contributed by atoms with E-state index in [4.69, 9.17) is 14.2 Å². The molecule has 0 bridgehead atoms. The number of nitrogens with one attached hydrogen (secondary N) is 1. The Hall–Kier alpha value is -2.89. The van der Waals surface area contributed by atoms with Gasteiger partial charge in [-0.1, -0.05) is 0 Å². The Morgan fingerprint density at radius 1 is 1.04 bits per heavy atom. The minimum absolute atomic E-state index is 0.223. The molecule has 6 nitrogen and oxygen atoms in total. The normalized spacial score (nSPS) is 10.7. The summed E-state index contributed by atoms with van der Waals surface area (Å²) in [5, 5.41) is 0. The summed E-state index contributed by atoms with van der Waals surface area (Å²) in [5.41, 5.74) is 1.95. The highest BCUT2D eigenvalue weighted by atomic mass is 16.5. The predicted octanol–water partition coefficient (Wildman–Crippen LogP) is 2.73. The first-order valence-electron chi connectivity index (χ1n) is 7.28. The van der Waals surface area contributed by atoms with Crippen molar-refractivity contribution in [1.29, 1.82) is 0 Å². The maximum Gasteiger partial charge on any atom is 0.331 e. The summed E-state index contributed by atoms with van der Waals surface area (Å²) in [4.78, 5) is 15.2. The molecule has 1 N–H and O–H groups in total. The van der Waals surface area contributed by atoms with Crippen LogP contribution in [0.3, 0.4) is 0 Å². The van der Waals surface area contributed by atoms with Crippen LogP contribution in [0.15, 0.2) is 41.2 Å². The summed E-state index contributed by atoms with van der Waals surface area (Å²) in [5.74, 6) is 1.92. The molecule has 0 saturated carbocycles. The zero-order valence-corrected chi connectivity index (χ0v) is 13.3. The van der Waals surface area contributed by atoms with E-state index in [9.17, 15) is 4.79 Å². The highest BCUT2D eigenvalue weighted by Crippen LogP contribution is 2.30. The van der Waals surface area contributed by atoms with Crippen LogP contribution in [0.2, 0.25) is 0 Å². The highest BCUT2D eigenvalue weighted by Gasteiger charge is 2.12. The number of benzene rings is 2. The molecule has 0 fully saturated rings. The number of aromatic amines is 1. The van der Waals surface area contributed by atoms with Crippen LogP contribution in [0.5, 0.6) is 17.2 Å². The third kappa shape index (κ3) is 2.63. The Bertz CT molecular complexity index is 895. The maximum atomic E-state index is 12.3. The molecule has 1 aromatic heterocycles. The lowest BCUT2D eigenvalue weighted by molar-refractivity contribution is 0.311. The van der Waals surface area contributed by atoms with Gasteiger partial charge in [0.05, 0.1) is 37.5 Å². The van der Waals surface area contributed by atoms with Gasteiger partial charge in [0.2, 0.25) is 0 Å². The molecule has 0 aliphatic rings. The molecule has 3 aromatic rings. The molecule has 6 heteroatoms. The fourth-order valence-electron chi connectivity index (χ4n) is 2.54. The SMILES string of the molecule is CCOc1ccc(-n2c(=O)[nH]c3cc(OC)ccc32)cc1OC. The fourth-order valence-corrected chi connectivity index (χ4v) is 2.54. The molecule has 0 atom stereocenters. The van der Waals surface area contributed by atoms with Crippen molar-refractivity contribution in [3.63, 3.8) is 0 Å². The number of fused-ring (bicyclic) bond motifs is 1. The lowest BCUT2D eigenvalue weighted by Crippen LogP contribution is -2.14. The molecule has 0 amide bonds. The number of aromatic nitrogens is 2. The van der Waals surface area contributed by atoms with E-state index in [2.05, 4.69) is 4.98 Å². The van der Waals surface area contributed by atoms with E-state index in [0.29, 0.717) is 35.1 Å². The molecule has 0 unspecified atom stereocenters. The summed E-state index contributed by atoms with van der Waals surface area (Å²) in [7, 11) is 3.16. The van der Waals surface area contributed by atoms with Crippen LogP contribution in [0.25, 0.3) is 16.7 Å². The predicted molar refractivity (Wildman–Crippen MR) is 88.2 cm³/mol. The molecule has 1 heterocycles. The molecule has 0 spiro atoms. The van der Waals surface area contributed by atoms with Gasteiger partial charge in [0.25, 0.3) is 0 Å². The van der Waals surface area contributed by atoms with Crippen molar-refractivity contribution in [3.05, 3.63) is 46.9 Å². The first-order valence-corrected chi connectivity index (χ1v) is 7.28. The Labute approximate surface area is 133 Å². The van der Waals surface area contributed by atoms with Crippen molar-refractivity contribution in [2.45, 2.75) is 6.92 Å². The van der Waals surface area contributed by atoms with E-state index in [-0.39, 0.29) is 5.69 Å². The van der Waals surface area contributed by atoms with Gasteiger partial charge in [-0.3, -0.25) is 4.57 Å². The van der Waals surface area contributed by atoms with Crippen LogP contribution in [-0.2, 0) is 0 Å². The van der Waals surface area contributed by atoms with Gasteiger partial charge in [0, 0.05) is 12.1 Å². The molecule has 3 rings (SSSR count). The largest absolute Gasteiger partial charge is 0.497 e. The van der Waals surface area contributed by atoms with Gasteiger partial charge in [-0.2, -0.15) is 0 Å². The summed E-state index contributed by atoms with van der Waals surface area (Å²) in [6.07, 6.45) is 0. The van der Waals surface area contributed by atoms with Crippen LogP contribution in [0.1, 0.15) is 6.92 Å². The van der Waals surface area contributed by atoms with Crippen molar-refractivity contribution >= 4 is 11.0 Å². The van der Waals surface area contributed by atoms with Gasteiger partial charge in [-0.05, 0) is 31.2 Å². The van der Waals surface area contributed by atoms with E-state index in [1.807, 2.05) is 25.1 Å². The molecular weight excluding hydrogens is 296 g/mol. The molecule has 120 valence electrons. The Morgan fingerprint density at radius 3 is 2.57 bits per heavy atom. The summed E-state index contributed by atoms with van der Waals surface area (Å²) >= 11 is 0. The van der Waals surface area contributed by atoms with Gasteiger partial charge in [-0.15, -0.1) is 0 Å². The van der Waals surface area contributed by atoms with Crippen LogP contribution in [-0.4, -0.2) is 30.4 Å². The number of rotatable bonds is 5. The molecule has 23 heavy (non-hydrogen) atoms. The van der Waals surface area contributed by atoms with E-state index >= 15 is 0 Å². The molecule has 0 aliphatic heterocycles. The number of imidazole rings is 1. The number of hydrogen-bond acceptors (Lipinski definition) is 4. The first kappa shape index (κ1) is 15.0. The van der Waals surface area contributed by atoms with Crippen molar-refractivity contribution in [1.82, 2.24) is 9.55 Å². The van der Waals surface area contributed by atoms with E-state index in [0.717, 1.165) is 5.52 Å². The zero-order chi connectivity index (χ0) is 16.4. The van der Waals surface area contributed by atoms with Gasteiger partial charge in [-0.25, -0.2) is 4.79 Å².